The maximum absolute atomic E-state index is 13.6. The van der Waals surface area contributed by atoms with Crippen LogP contribution in [0.5, 0.6) is 0 Å². The Morgan fingerprint density at radius 3 is 2.58 bits per heavy atom. The number of alkyl halides is 5. The van der Waals surface area contributed by atoms with Crippen molar-refractivity contribution in [2.24, 2.45) is 0 Å². The standard InChI is InChI=1S/C17H15F5N2O2/c18-16(19)5-2-7-24(8-6-16)14-11(15(25)26)9-10-12(17(20,21)22)3-1-4-13(10)23-14/h1,3-4,9H,2,5-8H2,(H,25,26). The topological polar surface area (TPSA) is 53.4 Å². The number of halogens is 5. The van der Waals surface area contributed by atoms with Gasteiger partial charge in [0.25, 0.3) is 0 Å². The zero-order valence-electron chi connectivity index (χ0n) is 13.5. The van der Waals surface area contributed by atoms with E-state index in [1.165, 1.54) is 17.0 Å². The summed E-state index contributed by atoms with van der Waals surface area (Å²) in [5.41, 5.74) is -1.45. The molecule has 0 spiro atoms. The maximum Gasteiger partial charge on any atom is 0.417 e. The average molecular weight is 374 g/mol. The zero-order valence-corrected chi connectivity index (χ0v) is 13.5. The monoisotopic (exact) mass is 374 g/mol. The number of fused-ring (bicyclic) bond motifs is 1. The Morgan fingerprint density at radius 1 is 1.19 bits per heavy atom. The number of pyridine rings is 1. The van der Waals surface area contributed by atoms with E-state index in [1.54, 1.807) is 0 Å². The molecule has 0 saturated carbocycles. The first-order valence-corrected chi connectivity index (χ1v) is 7.95. The molecule has 1 saturated heterocycles. The highest BCUT2D eigenvalue weighted by atomic mass is 19.4. The highest BCUT2D eigenvalue weighted by molar-refractivity contribution is 5.99. The molecule has 1 aromatic carbocycles. The van der Waals surface area contributed by atoms with Crippen LogP contribution in [0.1, 0.15) is 35.2 Å². The molecule has 0 unspecified atom stereocenters. The Bertz CT molecular complexity index is 851. The summed E-state index contributed by atoms with van der Waals surface area (Å²) in [5.74, 6) is -4.39. The molecular weight excluding hydrogens is 359 g/mol. The van der Waals surface area contributed by atoms with E-state index >= 15 is 0 Å². The predicted molar refractivity (Wildman–Crippen MR) is 84.7 cm³/mol. The number of hydrogen-bond acceptors (Lipinski definition) is 3. The third-order valence-corrected chi connectivity index (χ3v) is 4.39. The Morgan fingerprint density at radius 2 is 1.92 bits per heavy atom. The molecule has 1 aliphatic rings. The molecule has 0 amide bonds. The maximum atomic E-state index is 13.6. The minimum absolute atomic E-state index is 0.0316. The van der Waals surface area contributed by atoms with Gasteiger partial charge in [-0.05, 0) is 24.6 Å². The number of nitrogens with zero attached hydrogens (tertiary/aromatic N) is 2. The summed E-state index contributed by atoms with van der Waals surface area (Å²) in [6, 6.07) is 4.29. The molecule has 2 aromatic rings. The van der Waals surface area contributed by atoms with Crippen LogP contribution in [0.4, 0.5) is 27.8 Å². The first kappa shape index (κ1) is 18.3. The molecule has 140 valence electrons. The van der Waals surface area contributed by atoms with E-state index in [-0.39, 0.29) is 42.7 Å². The van der Waals surface area contributed by atoms with Gasteiger partial charge in [-0.25, -0.2) is 18.6 Å². The summed E-state index contributed by atoms with van der Waals surface area (Å²) in [7, 11) is 0. The minimum atomic E-state index is -4.66. The highest BCUT2D eigenvalue weighted by Gasteiger charge is 2.35. The van der Waals surface area contributed by atoms with Crippen molar-refractivity contribution in [2.45, 2.75) is 31.4 Å². The quantitative estimate of drug-likeness (QED) is 0.782. The van der Waals surface area contributed by atoms with Crippen molar-refractivity contribution >= 4 is 22.7 Å². The molecule has 4 nitrogen and oxygen atoms in total. The molecule has 2 heterocycles. The fourth-order valence-electron chi connectivity index (χ4n) is 3.11. The summed E-state index contributed by atoms with van der Waals surface area (Å²) in [6.07, 6.45) is -5.32. The van der Waals surface area contributed by atoms with Gasteiger partial charge in [0.15, 0.2) is 0 Å². The number of aromatic carboxylic acids is 1. The van der Waals surface area contributed by atoms with Gasteiger partial charge in [0, 0.05) is 31.3 Å². The molecule has 0 atom stereocenters. The van der Waals surface area contributed by atoms with Gasteiger partial charge in [0.05, 0.1) is 11.1 Å². The van der Waals surface area contributed by atoms with Gasteiger partial charge in [-0.2, -0.15) is 13.2 Å². The van der Waals surface area contributed by atoms with E-state index in [1.807, 2.05) is 0 Å². The fraction of sp³-hybridized carbons (Fsp3) is 0.412. The molecule has 1 N–H and O–H groups in total. The van der Waals surface area contributed by atoms with Gasteiger partial charge in [0.2, 0.25) is 5.92 Å². The van der Waals surface area contributed by atoms with Crippen molar-refractivity contribution < 1.29 is 31.9 Å². The van der Waals surface area contributed by atoms with Crippen LogP contribution in [0.25, 0.3) is 10.9 Å². The summed E-state index contributed by atoms with van der Waals surface area (Å²) < 4.78 is 66.7. The summed E-state index contributed by atoms with van der Waals surface area (Å²) >= 11 is 0. The molecule has 1 aliphatic heterocycles. The van der Waals surface area contributed by atoms with E-state index in [0.717, 1.165) is 12.1 Å². The number of benzene rings is 1. The first-order valence-electron chi connectivity index (χ1n) is 7.95. The first-order chi connectivity index (χ1) is 12.1. The second-order valence-corrected chi connectivity index (χ2v) is 6.23. The lowest BCUT2D eigenvalue weighted by Crippen LogP contribution is -2.28. The summed E-state index contributed by atoms with van der Waals surface area (Å²) in [4.78, 5) is 17.1. The van der Waals surface area contributed by atoms with Crippen LogP contribution in [0.15, 0.2) is 24.3 Å². The Balaban J connectivity index is 2.14. The second kappa shape index (κ2) is 6.37. The molecule has 0 aliphatic carbocycles. The molecule has 0 radical (unpaired) electrons. The molecular formula is C17H15F5N2O2. The Hall–Kier alpha value is -2.45. The molecule has 1 aromatic heterocycles. The van der Waals surface area contributed by atoms with Crippen LogP contribution in [-0.2, 0) is 6.18 Å². The van der Waals surface area contributed by atoms with Gasteiger partial charge in [-0.3, -0.25) is 0 Å². The van der Waals surface area contributed by atoms with Crippen LogP contribution in [0.3, 0.4) is 0 Å². The van der Waals surface area contributed by atoms with Gasteiger partial charge in [0.1, 0.15) is 11.4 Å². The Kier molecular flexibility index (Phi) is 4.49. The second-order valence-electron chi connectivity index (χ2n) is 6.23. The average Bonchev–Trinajstić information content (AvgIpc) is 2.72. The van der Waals surface area contributed by atoms with Gasteiger partial charge in [-0.15, -0.1) is 0 Å². The number of rotatable bonds is 2. The smallest absolute Gasteiger partial charge is 0.417 e. The Labute approximate surface area is 145 Å². The van der Waals surface area contributed by atoms with Crippen molar-refractivity contribution in [2.75, 3.05) is 18.0 Å². The normalized spacial score (nSPS) is 18.0. The predicted octanol–water partition coefficient (Wildman–Crippen LogP) is 4.58. The summed E-state index contributed by atoms with van der Waals surface area (Å²) in [5, 5.41) is 9.09. The molecule has 26 heavy (non-hydrogen) atoms. The largest absolute Gasteiger partial charge is 0.478 e. The van der Waals surface area contributed by atoms with E-state index in [4.69, 9.17) is 0 Å². The fourth-order valence-corrected chi connectivity index (χ4v) is 3.11. The van der Waals surface area contributed by atoms with Gasteiger partial charge < -0.3 is 10.0 Å². The van der Waals surface area contributed by atoms with Crippen LogP contribution in [-0.4, -0.2) is 35.1 Å². The number of carbonyl (C=O) groups is 1. The zero-order chi connectivity index (χ0) is 19.1. The SMILES string of the molecule is O=C(O)c1cc2c(C(F)(F)F)cccc2nc1N1CCCC(F)(F)CC1. The van der Waals surface area contributed by atoms with Crippen molar-refractivity contribution in [1.82, 2.24) is 4.98 Å². The molecule has 3 rings (SSSR count). The van der Waals surface area contributed by atoms with E-state index in [0.29, 0.717) is 0 Å². The molecule has 9 heteroatoms. The number of carboxylic acid groups (broad SMARTS) is 1. The lowest BCUT2D eigenvalue weighted by Gasteiger charge is -2.24. The summed E-state index contributed by atoms with van der Waals surface area (Å²) in [6.45, 7) is 0.0398. The third-order valence-electron chi connectivity index (χ3n) is 4.39. The van der Waals surface area contributed by atoms with E-state index in [2.05, 4.69) is 4.98 Å². The van der Waals surface area contributed by atoms with Crippen LogP contribution in [0, 0.1) is 0 Å². The van der Waals surface area contributed by atoms with Gasteiger partial charge in [-0.1, -0.05) is 6.07 Å². The van der Waals surface area contributed by atoms with Crippen molar-refractivity contribution in [3.8, 4) is 0 Å². The van der Waals surface area contributed by atoms with Gasteiger partial charge >= 0.3 is 12.1 Å². The van der Waals surface area contributed by atoms with Crippen molar-refractivity contribution in [3.05, 3.63) is 35.4 Å². The lowest BCUT2D eigenvalue weighted by molar-refractivity contribution is -0.136. The van der Waals surface area contributed by atoms with Crippen LogP contribution >= 0.6 is 0 Å². The lowest BCUT2D eigenvalue weighted by atomic mass is 10.0. The molecule has 1 fully saturated rings. The van der Waals surface area contributed by atoms with Crippen molar-refractivity contribution in [1.29, 1.82) is 0 Å². The van der Waals surface area contributed by atoms with E-state index in [9.17, 15) is 31.9 Å². The van der Waals surface area contributed by atoms with Crippen LogP contribution in [0.2, 0.25) is 0 Å². The molecule has 0 bridgehead atoms. The van der Waals surface area contributed by atoms with Crippen LogP contribution < -0.4 is 4.90 Å². The third kappa shape index (κ3) is 3.56. The highest BCUT2D eigenvalue weighted by Crippen LogP contribution is 2.37. The minimum Gasteiger partial charge on any atom is -0.478 e. The van der Waals surface area contributed by atoms with Crippen molar-refractivity contribution in [3.63, 3.8) is 0 Å². The number of carboxylic acids is 1. The number of hydrogen-bond donors (Lipinski definition) is 1. The van der Waals surface area contributed by atoms with E-state index < -0.39 is 35.6 Å². The number of aromatic nitrogens is 1. The number of anilines is 1.